The quantitative estimate of drug-likeness (QED) is 0.654. The Hall–Kier alpha value is -1.65. The number of esters is 1. The smallest absolute Gasteiger partial charge is 0.325 e. The third-order valence-electron chi connectivity index (χ3n) is 1.76. The van der Waals surface area contributed by atoms with Crippen molar-refractivity contribution in [2.24, 2.45) is 0 Å². The number of carbonyl (C=O) groups is 1. The van der Waals surface area contributed by atoms with E-state index in [1.54, 1.807) is 23.4 Å². The van der Waals surface area contributed by atoms with Crippen LogP contribution in [0.3, 0.4) is 0 Å². The second-order valence-corrected chi connectivity index (χ2v) is 2.64. The van der Waals surface area contributed by atoms with Gasteiger partial charge in [-0.3, -0.25) is 4.79 Å². The normalized spacial score (nSPS) is 9.57. The van der Waals surface area contributed by atoms with Crippen molar-refractivity contribution in [1.29, 1.82) is 0 Å². The molecule has 1 aromatic heterocycles. The molecule has 0 spiro atoms. The molecule has 0 N–H and O–H groups in total. The van der Waals surface area contributed by atoms with Crippen molar-refractivity contribution in [1.82, 2.24) is 9.97 Å². The number of ether oxygens (including phenoxy) is 1. The Bertz CT molecular complexity index is 289. The molecule has 5 nitrogen and oxygen atoms in total. The van der Waals surface area contributed by atoms with Gasteiger partial charge in [-0.15, -0.1) is 0 Å². The number of hydrogen-bond donors (Lipinski definition) is 0. The van der Waals surface area contributed by atoms with E-state index in [4.69, 9.17) is 0 Å². The van der Waals surface area contributed by atoms with E-state index < -0.39 is 0 Å². The fraction of sp³-hybridized carbons (Fsp3) is 0.444. The highest BCUT2D eigenvalue weighted by atomic mass is 16.5. The van der Waals surface area contributed by atoms with Gasteiger partial charge in [-0.1, -0.05) is 0 Å². The molecule has 0 radical (unpaired) electrons. The molecule has 1 rings (SSSR count). The summed E-state index contributed by atoms with van der Waals surface area (Å²) in [4.78, 5) is 20.9. The van der Waals surface area contributed by atoms with Gasteiger partial charge in [0.25, 0.3) is 0 Å². The van der Waals surface area contributed by atoms with E-state index in [0.29, 0.717) is 12.5 Å². The van der Waals surface area contributed by atoms with Gasteiger partial charge in [0.05, 0.1) is 7.11 Å². The van der Waals surface area contributed by atoms with Crippen LogP contribution in [-0.4, -0.2) is 36.1 Å². The minimum atomic E-state index is -0.292. The maximum absolute atomic E-state index is 11.0. The van der Waals surface area contributed by atoms with E-state index in [9.17, 15) is 4.79 Å². The summed E-state index contributed by atoms with van der Waals surface area (Å²) in [5, 5.41) is 0. The van der Waals surface area contributed by atoms with Crippen molar-refractivity contribution < 1.29 is 9.53 Å². The maximum Gasteiger partial charge on any atom is 0.325 e. The zero-order valence-corrected chi connectivity index (χ0v) is 8.30. The van der Waals surface area contributed by atoms with Gasteiger partial charge in [0, 0.05) is 18.9 Å². The number of hydrogen-bond acceptors (Lipinski definition) is 5. The Labute approximate surface area is 82.7 Å². The zero-order valence-electron chi connectivity index (χ0n) is 8.30. The number of rotatable bonds is 4. The monoisotopic (exact) mass is 195 g/mol. The molecular formula is C9H13N3O2. The third kappa shape index (κ3) is 2.69. The number of carbonyl (C=O) groups excluding carboxylic acids is 1. The molecule has 0 aliphatic rings. The van der Waals surface area contributed by atoms with Gasteiger partial charge in [-0.05, 0) is 13.0 Å². The third-order valence-corrected chi connectivity index (χ3v) is 1.76. The minimum absolute atomic E-state index is 0.178. The number of methoxy groups -OCH3 is 1. The van der Waals surface area contributed by atoms with Crippen molar-refractivity contribution in [3.63, 3.8) is 0 Å². The molecule has 0 bridgehead atoms. The van der Waals surface area contributed by atoms with E-state index >= 15 is 0 Å². The van der Waals surface area contributed by atoms with Gasteiger partial charge >= 0.3 is 5.97 Å². The highest BCUT2D eigenvalue weighted by Gasteiger charge is 2.11. The lowest BCUT2D eigenvalue weighted by molar-refractivity contribution is -0.138. The SMILES string of the molecule is CCN(CC(=O)OC)c1ncccn1. The van der Waals surface area contributed by atoms with E-state index in [0.717, 1.165) is 0 Å². The Kier molecular flexibility index (Phi) is 3.84. The number of anilines is 1. The first-order chi connectivity index (χ1) is 6.77. The first-order valence-corrected chi connectivity index (χ1v) is 4.36. The molecule has 0 unspecified atom stereocenters. The summed E-state index contributed by atoms with van der Waals surface area (Å²) in [5.74, 6) is 0.250. The number of aromatic nitrogens is 2. The lowest BCUT2D eigenvalue weighted by atomic mass is 10.5. The van der Waals surface area contributed by atoms with Crippen LogP contribution < -0.4 is 4.90 Å². The Morgan fingerprint density at radius 2 is 2.14 bits per heavy atom. The molecule has 0 amide bonds. The van der Waals surface area contributed by atoms with Gasteiger partial charge < -0.3 is 9.64 Å². The molecule has 0 aliphatic carbocycles. The Morgan fingerprint density at radius 1 is 1.50 bits per heavy atom. The number of likely N-dealkylation sites (N-methyl/N-ethyl adjacent to an activating group) is 1. The second kappa shape index (κ2) is 5.16. The van der Waals surface area contributed by atoms with Crippen LogP contribution in [-0.2, 0) is 9.53 Å². The molecule has 0 aliphatic heterocycles. The molecule has 1 heterocycles. The van der Waals surface area contributed by atoms with Crippen LogP contribution in [0.5, 0.6) is 0 Å². The first-order valence-electron chi connectivity index (χ1n) is 4.36. The summed E-state index contributed by atoms with van der Waals surface area (Å²) in [6.45, 7) is 2.77. The van der Waals surface area contributed by atoms with Crippen LogP contribution in [0.4, 0.5) is 5.95 Å². The maximum atomic E-state index is 11.0. The molecule has 0 saturated carbocycles. The van der Waals surface area contributed by atoms with Gasteiger partial charge in [-0.25, -0.2) is 9.97 Å². The van der Waals surface area contributed by atoms with Crippen LogP contribution in [0.25, 0.3) is 0 Å². The average molecular weight is 195 g/mol. The summed E-state index contributed by atoms with van der Waals surface area (Å²) < 4.78 is 4.57. The predicted molar refractivity (Wildman–Crippen MR) is 51.9 cm³/mol. The van der Waals surface area contributed by atoms with Gasteiger partial charge in [-0.2, -0.15) is 0 Å². The van der Waals surface area contributed by atoms with Gasteiger partial charge in [0.2, 0.25) is 5.95 Å². The molecule has 0 fully saturated rings. The van der Waals surface area contributed by atoms with E-state index in [2.05, 4.69) is 14.7 Å². The average Bonchev–Trinajstić information content (AvgIpc) is 2.26. The highest BCUT2D eigenvalue weighted by molar-refractivity contribution is 5.74. The summed E-state index contributed by atoms with van der Waals surface area (Å²) in [6.07, 6.45) is 3.28. The molecule has 0 aromatic carbocycles. The van der Waals surface area contributed by atoms with Gasteiger partial charge in [0.1, 0.15) is 6.54 Å². The fourth-order valence-corrected chi connectivity index (χ4v) is 0.999. The minimum Gasteiger partial charge on any atom is -0.468 e. The van der Waals surface area contributed by atoms with Crippen LogP contribution >= 0.6 is 0 Å². The highest BCUT2D eigenvalue weighted by Crippen LogP contribution is 2.03. The van der Waals surface area contributed by atoms with Crippen molar-refractivity contribution in [3.05, 3.63) is 18.5 Å². The molecule has 1 aromatic rings. The number of nitrogens with zero attached hydrogens (tertiary/aromatic N) is 3. The molecule has 76 valence electrons. The summed E-state index contributed by atoms with van der Waals surface area (Å²) in [6, 6.07) is 1.73. The molecule has 0 saturated heterocycles. The van der Waals surface area contributed by atoms with Crippen molar-refractivity contribution in [2.45, 2.75) is 6.92 Å². The summed E-state index contributed by atoms with van der Waals surface area (Å²) >= 11 is 0. The molecular weight excluding hydrogens is 182 g/mol. The largest absolute Gasteiger partial charge is 0.468 e. The lowest BCUT2D eigenvalue weighted by Gasteiger charge is -2.18. The van der Waals surface area contributed by atoms with Crippen molar-refractivity contribution in [3.8, 4) is 0 Å². The lowest BCUT2D eigenvalue weighted by Crippen LogP contribution is -2.31. The predicted octanol–water partition coefficient (Wildman–Crippen LogP) is 0.476. The van der Waals surface area contributed by atoms with E-state index in [-0.39, 0.29) is 12.5 Å². The summed E-state index contributed by atoms with van der Waals surface area (Å²) in [5.41, 5.74) is 0. The van der Waals surface area contributed by atoms with Crippen LogP contribution in [0.1, 0.15) is 6.92 Å². The first kappa shape index (κ1) is 10.4. The van der Waals surface area contributed by atoms with Crippen LogP contribution in [0, 0.1) is 0 Å². The molecule has 5 heteroatoms. The van der Waals surface area contributed by atoms with Crippen LogP contribution in [0.15, 0.2) is 18.5 Å². The summed E-state index contributed by atoms with van der Waals surface area (Å²) in [7, 11) is 1.36. The fourth-order valence-electron chi connectivity index (χ4n) is 0.999. The van der Waals surface area contributed by atoms with E-state index in [1.165, 1.54) is 7.11 Å². The zero-order chi connectivity index (χ0) is 10.4. The second-order valence-electron chi connectivity index (χ2n) is 2.64. The topological polar surface area (TPSA) is 55.3 Å². The van der Waals surface area contributed by atoms with Crippen molar-refractivity contribution in [2.75, 3.05) is 25.1 Å². The molecule has 0 atom stereocenters. The van der Waals surface area contributed by atoms with Crippen LogP contribution in [0.2, 0.25) is 0 Å². The van der Waals surface area contributed by atoms with Gasteiger partial charge in [0.15, 0.2) is 0 Å². The van der Waals surface area contributed by atoms with Crippen molar-refractivity contribution >= 4 is 11.9 Å². The molecule has 14 heavy (non-hydrogen) atoms. The van der Waals surface area contributed by atoms with E-state index in [1.807, 2.05) is 6.92 Å². The standard InChI is InChI=1S/C9H13N3O2/c1-3-12(7-8(13)14-2)9-10-5-4-6-11-9/h4-6H,3,7H2,1-2H3. The Morgan fingerprint density at radius 3 is 2.64 bits per heavy atom. The Balaban J connectivity index is 2.68.